The zero-order valence-electron chi connectivity index (χ0n) is 24.7. The van der Waals surface area contributed by atoms with Crippen LogP contribution in [0.5, 0.6) is 0 Å². The van der Waals surface area contributed by atoms with Crippen molar-refractivity contribution in [1.29, 1.82) is 0 Å². The van der Waals surface area contributed by atoms with Crippen LogP contribution >= 0.6 is 0 Å². The summed E-state index contributed by atoms with van der Waals surface area (Å²) in [5, 5.41) is 5.89. The smallest absolute Gasteiger partial charge is 0.173 e. The van der Waals surface area contributed by atoms with E-state index in [2.05, 4.69) is 65.8 Å². The minimum atomic E-state index is -0.497. The van der Waals surface area contributed by atoms with Gasteiger partial charge in [0.2, 0.25) is 0 Å². The third-order valence-corrected chi connectivity index (χ3v) is 7.65. The van der Waals surface area contributed by atoms with Crippen LogP contribution < -0.4 is 10.2 Å². The number of anilines is 4. The lowest BCUT2D eigenvalue weighted by Gasteiger charge is -2.28. The molecule has 1 N–H and O–H groups in total. The van der Waals surface area contributed by atoms with Gasteiger partial charge in [-0.3, -0.25) is 0 Å². The van der Waals surface area contributed by atoms with Gasteiger partial charge < -0.3 is 15.0 Å². The highest BCUT2D eigenvalue weighted by atomic mass is 19.1. The number of nitrogens with one attached hydrogen (secondary N) is 1. The highest BCUT2D eigenvalue weighted by molar-refractivity contribution is 6.16. The molecule has 5 aromatic rings. The maximum absolute atomic E-state index is 13.8. The first kappa shape index (κ1) is 28.5. The fourth-order valence-electron chi connectivity index (χ4n) is 5.70. The minimum absolute atomic E-state index is 0.335. The summed E-state index contributed by atoms with van der Waals surface area (Å²) in [6.07, 6.45) is 2.98. The van der Waals surface area contributed by atoms with Gasteiger partial charge in [-0.05, 0) is 88.2 Å². The van der Waals surface area contributed by atoms with Crippen LogP contribution in [-0.4, -0.2) is 7.11 Å². The summed E-state index contributed by atoms with van der Waals surface area (Å²) in [7, 11) is 1.63. The molecule has 0 radical (unpaired) electrons. The number of fused-ring (bicyclic) bond motifs is 2. The van der Waals surface area contributed by atoms with Gasteiger partial charge >= 0.3 is 0 Å². The number of benzene rings is 5. The number of methoxy groups -OCH3 is 1. The number of hydrogen-bond acceptors (Lipinski definition) is 3. The van der Waals surface area contributed by atoms with Crippen LogP contribution in [0.4, 0.5) is 31.5 Å². The average molecular weight is 581 g/mol. The molecule has 1 aliphatic heterocycles. The van der Waals surface area contributed by atoms with Crippen LogP contribution in [0.3, 0.4) is 0 Å². The topological polar surface area (TPSA) is 24.5 Å². The fraction of sp³-hybridized carbons (Fsp3) is 0.0769. The summed E-state index contributed by atoms with van der Waals surface area (Å²) >= 11 is 0. The highest BCUT2D eigenvalue weighted by Crippen LogP contribution is 2.48. The first-order valence-corrected chi connectivity index (χ1v) is 14.5. The molecule has 7 rings (SSSR count). The molecule has 0 atom stereocenters. The summed E-state index contributed by atoms with van der Waals surface area (Å²) in [6, 6.07) is 31.0. The van der Waals surface area contributed by atoms with Crippen molar-refractivity contribution in [3.8, 4) is 22.3 Å². The van der Waals surface area contributed by atoms with Gasteiger partial charge in [-0.25, -0.2) is 4.39 Å². The number of hydrogen-bond donors (Lipinski definition) is 1. The molecule has 0 spiro atoms. The number of rotatable bonds is 6. The zero-order chi connectivity index (χ0) is 30.8. The second kappa shape index (κ2) is 11.9. The molecule has 0 unspecified atom stereocenters. The predicted molar refractivity (Wildman–Crippen MR) is 178 cm³/mol. The van der Waals surface area contributed by atoms with Crippen molar-refractivity contribution in [3.63, 3.8) is 0 Å². The molecule has 5 heteroatoms. The normalized spacial score (nSPS) is 12.3. The molecule has 44 heavy (non-hydrogen) atoms. The Kier molecular flexibility index (Phi) is 7.74. The Morgan fingerprint density at radius 2 is 1.45 bits per heavy atom. The lowest BCUT2D eigenvalue weighted by molar-refractivity contribution is 0.371. The third-order valence-electron chi connectivity index (χ3n) is 7.65. The molecule has 0 amide bonds. The van der Waals surface area contributed by atoms with Crippen molar-refractivity contribution in [2.45, 2.75) is 13.8 Å². The fourth-order valence-corrected chi connectivity index (χ4v) is 5.70. The third kappa shape index (κ3) is 5.01. The molecule has 3 nitrogen and oxygen atoms in total. The van der Waals surface area contributed by atoms with E-state index in [0.29, 0.717) is 17.1 Å². The highest BCUT2D eigenvalue weighted by Gasteiger charge is 2.23. The van der Waals surface area contributed by atoms with Gasteiger partial charge in [0.05, 0.1) is 12.8 Å². The van der Waals surface area contributed by atoms with Crippen molar-refractivity contribution >= 4 is 39.3 Å². The summed E-state index contributed by atoms with van der Waals surface area (Å²) in [5.74, 6) is -0.217. The van der Waals surface area contributed by atoms with Crippen LogP contribution in [0.1, 0.15) is 19.4 Å². The molecule has 0 saturated carbocycles. The van der Waals surface area contributed by atoms with Gasteiger partial charge in [0.15, 0.2) is 5.83 Å². The molecule has 0 fully saturated rings. The zero-order valence-corrected chi connectivity index (χ0v) is 24.7. The predicted octanol–water partition coefficient (Wildman–Crippen LogP) is 11.2. The maximum atomic E-state index is 13.8. The van der Waals surface area contributed by atoms with Crippen LogP contribution in [0.15, 0.2) is 139 Å². The second-order valence-electron chi connectivity index (χ2n) is 10.0. The van der Waals surface area contributed by atoms with E-state index in [0.717, 1.165) is 55.7 Å². The number of halogens is 2. The van der Waals surface area contributed by atoms with Crippen LogP contribution in [-0.2, 0) is 4.74 Å². The Morgan fingerprint density at radius 3 is 2.20 bits per heavy atom. The van der Waals surface area contributed by atoms with Crippen LogP contribution in [0.25, 0.3) is 38.8 Å². The lowest BCUT2D eigenvalue weighted by Crippen LogP contribution is -2.15. The first-order chi connectivity index (χ1) is 21.5. The molecule has 1 heterocycles. The number of allylic oxidation sites excluding steroid dienone is 3. The number of ether oxygens (including phenoxy) is 1. The van der Waals surface area contributed by atoms with Crippen molar-refractivity contribution < 1.29 is 13.5 Å². The van der Waals surface area contributed by atoms with Crippen molar-refractivity contribution in [2.75, 3.05) is 17.3 Å². The Balaban J connectivity index is 0.00000168. The summed E-state index contributed by atoms with van der Waals surface area (Å²) < 4.78 is 33.0. The molecular formula is C39H30F2N2O. The second-order valence-corrected chi connectivity index (χ2v) is 10.0. The lowest BCUT2D eigenvalue weighted by atomic mass is 9.87. The van der Waals surface area contributed by atoms with E-state index in [9.17, 15) is 8.78 Å². The standard InChI is InChI=1S/C37H24F2N2O.C2H6/c1-23(42-2)29-6-3-4-7-30(29)31-20-21-35-37-33(31)8-5-9-34(37)32-19-18-28(22-36(32)40-35)41(26-14-10-24(38)11-15-26)27-16-12-25(39)13-17-27;1-2/h3-12,14-16,18-22,40H,1H2,2H3;1-2H3. The molecule has 5 aromatic carbocycles. The summed E-state index contributed by atoms with van der Waals surface area (Å²) in [4.78, 5) is 1.90. The van der Waals surface area contributed by atoms with Gasteiger partial charge in [-0.15, -0.1) is 0 Å². The Hall–Kier alpha value is -5.60. The molecule has 2 aliphatic rings. The average Bonchev–Trinajstić information content (AvgIpc) is 3.07. The minimum Gasteiger partial charge on any atom is -0.497 e. The molecular weight excluding hydrogens is 550 g/mol. The molecule has 216 valence electrons. The Morgan fingerprint density at radius 1 is 0.727 bits per heavy atom. The summed E-state index contributed by atoms with van der Waals surface area (Å²) in [6.45, 7) is 8.10. The van der Waals surface area contributed by atoms with Crippen molar-refractivity contribution in [1.82, 2.24) is 0 Å². The number of nitrogens with zero attached hydrogens (tertiary/aromatic N) is 1. The van der Waals surface area contributed by atoms with E-state index in [1.807, 2.05) is 49.1 Å². The van der Waals surface area contributed by atoms with Gasteiger partial charge in [0.1, 0.15) is 11.6 Å². The SMILES string of the molecule is C=C(OC)c1ccccc1-c1ccc2c3c(cccc13)-c1ccc(N(C3=C=C=C(F)C=C3)c3ccc(F)cc3)cc1N2.CC. The van der Waals surface area contributed by atoms with Gasteiger partial charge in [-0.1, -0.05) is 75.0 Å². The monoisotopic (exact) mass is 580 g/mol. The molecule has 0 aromatic heterocycles. The van der Waals surface area contributed by atoms with E-state index in [1.165, 1.54) is 18.2 Å². The maximum Gasteiger partial charge on any atom is 0.173 e. The Labute approximate surface area is 256 Å². The van der Waals surface area contributed by atoms with E-state index < -0.39 is 5.83 Å². The van der Waals surface area contributed by atoms with Crippen molar-refractivity contribution in [3.05, 3.63) is 150 Å². The van der Waals surface area contributed by atoms with Crippen LogP contribution in [0, 0.1) is 5.82 Å². The van der Waals surface area contributed by atoms with Crippen molar-refractivity contribution in [2.24, 2.45) is 0 Å². The van der Waals surface area contributed by atoms with E-state index in [4.69, 9.17) is 4.74 Å². The van der Waals surface area contributed by atoms with Gasteiger partial charge in [0, 0.05) is 39.3 Å². The van der Waals surface area contributed by atoms with E-state index in [1.54, 1.807) is 25.3 Å². The van der Waals surface area contributed by atoms with Gasteiger partial charge in [-0.2, -0.15) is 4.39 Å². The quantitative estimate of drug-likeness (QED) is 0.157. The molecule has 0 bridgehead atoms. The van der Waals surface area contributed by atoms with Crippen LogP contribution in [0.2, 0.25) is 0 Å². The van der Waals surface area contributed by atoms with E-state index >= 15 is 0 Å². The Bertz CT molecular complexity index is 2060. The molecule has 1 aliphatic carbocycles. The molecule has 0 saturated heterocycles. The van der Waals surface area contributed by atoms with E-state index in [-0.39, 0.29) is 5.82 Å². The largest absolute Gasteiger partial charge is 0.497 e. The summed E-state index contributed by atoms with van der Waals surface area (Å²) in [5.41, 5.74) is 14.7. The van der Waals surface area contributed by atoms with Gasteiger partial charge in [0.25, 0.3) is 0 Å². The first-order valence-electron chi connectivity index (χ1n) is 14.5.